The number of benzene rings is 1. The highest BCUT2D eigenvalue weighted by Crippen LogP contribution is 2.36. The summed E-state index contributed by atoms with van der Waals surface area (Å²) in [4.78, 5) is 4.64. The van der Waals surface area contributed by atoms with Crippen LogP contribution in [0.25, 0.3) is 10.9 Å². The first-order valence-electron chi connectivity index (χ1n) is 7.10. The third kappa shape index (κ3) is 2.50. The lowest BCUT2D eigenvalue weighted by atomic mass is 10.0. The van der Waals surface area contributed by atoms with Crippen molar-refractivity contribution >= 4 is 16.6 Å². The predicted molar refractivity (Wildman–Crippen MR) is 82.6 cm³/mol. The van der Waals surface area contributed by atoms with Crippen LogP contribution in [0.1, 0.15) is 32.0 Å². The monoisotopic (exact) mass is 274 g/mol. The van der Waals surface area contributed by atoms with Crippen molar-refractivity contribution in [3.05, 3.63) is 23.4 Å². The summed E-state index contributed by atoms with van der Waals surface area (Å²) in [5.74, 6) is 1.44. The Balaban J connectivity index is 2.70. The Labute approximate surface area is 119 Å². The smallest absolute Gasteiger partial charge is 0.163 e. The van der Waals surface area contributed by atoms with Crippen molar-refractivity contribution in [1.29, 1.82) is 0 Å². The van der Waals surface area contributed by atoms with Crippen molar-refractivity contribution in [3.63, 3.8) is 0 Å². The first kappa shape index (κ1) is 14.4. The highest BCUT2D eigenvalue weighted by molar-refractivity contribution is 5.94. The zero-order valence-corrected chi connectivity index (χ0v) is 12.6. The standard InChI is InChI=1S/C16H22N2O2/c1-5-11-10(4)18-13-9-15(20-7-3)14(19-6-2)8-12(13)16(11)17/h8-9H,5-7H2,1-4H3,(H2,17,18). The third-order valence-electron chi connectivity index (χ3n) is 3.36. The molecule has 4 nitrogen and oxygen atoms in total. The molecule has 0 atom stereocenters. The number of aromatic nitrogens is 1. The molecule has 0 aliphatic rings. The van der Waals surface area contributed by atoms with Crippen LogP contribution in [0.5, 0.6) is 11.5 Å². The number of rotatable bonds is 5. The molecule has 2 aromatic rings. The predicted octanol–water partition coefficient (Wildman–Crippen LogP) is 3.49. The van der Waals surface area contributed by atoms with E-state index < -0.39 is 0 Å². The van der Waals surface area contributed by atoms with E-state index in [9.17, 15) is 0 Å². The number of aryl methyl sites for hydroxylation is 1. The van der Waals surface area contributed by atoms with E-state index in [1.165, 1.54) is 0 Å². The van der Waals surface area contributed by atoms with Gasteiger partial charge in [0.05, 0.1) is 18.7 Å². The molecule has 20 heavy (non-hydrogen) atoms. The topological polar surface area (TPSA) is 57.4 Å². The van der Waals surface area contributed by atoms with E-state index in [2.05, 4.69) is 11.9 Å². The maximum atomic E-state index is 6.28. The second-order valence-electron chi connectivity index (χ2n) is 4.63. The molecular formula is C16H22N2O2. The fraction of sp³-hybridized carbons (Fsp3) is 0.438. The average Bonchev–Trinajstić information content (AvgIpc) is 2.41. The fourth-order valence-electron chi connectivity index (χ4n) is 2.45. The van der Waals surface area contributed by atoms with Gasteiger partial charge >= 0.3 is 0 Å². The molecule has 0 saturated carbocycles. The third-order valence-corrected chi connectivity index (χ3v) is 3.36. The highest BCUT2D eigenvalue weighted by atomic mass is 16.5. The van der Waals surface area contributed by atoms with Gasteiger partial charge in [-0.1, -0.05) is 6.92 Å². The van der Waals surface area contributed by atoms with E-state index in [1.54, 1.807) is 0 Å². The van der Waals surface area contributed by atoms with Crippen LogP contribution in [0.3, 0.4) is 0 Å². The second-order valence-corrected chi connectivity index (χ2v) is 4.63. The summed E-state index contributed by atoms with van der Waals surface area (Å²) >= 11 is 0. The molecule has 2 rings (SSSR count). The minimum atomic E-state index is 0.589. The van der Waals surface area contributed by atoms with Crippen LogP contribution in [0.4, 0.5) is 5.69 Å². The zero-order chi connectivity index (χ0) is 14.7. The lowest BCUT2D eigenvalue weighted by Crippen LogP contribution is -2.03. The van der Waals surface area contributed by atoms with E-state index in [1.807, 2.05) is 32.9 Å². The van der Waals surface area contributed by atoms with Gasteiger partial charge in [0.1, 0.15) is 0 Å². The van der Waals surface area contributed by atoms with Gasteiger partial charge < -0.3 is 15.2 Å². The summed E-state index contributed by atoms with van der Waals surface area (Å²) in [6.45, 7) is 9.16. The lowest BCUT2D eigenvalue weighted by molar-refractivity contribution is 0.288. The van der Waals surface area contributed by atoms with Gasteiger partial charge in [-0.3, -0.25) is 4.98 Å². The quantitative estimate of drug-likeness (QED) is 0.906. The molecular weight excluding hydrogens is 252 g/mol. The Kier molecular flexibility index (Phi) is 4.32. The molecule has 0 bridgehead atoms. The number of pyridine rings is 1. The number of ether oxygens (including phenoxy) is 2. The molecule has 0 radical (unpaired) electrons. The fourth-order valence-corrected chi connectivity index (χ4v) is 2.45. The van der Waals surface area contributed by atoms with Crippen LogP contribution in [-0.4, -0.2) is 18.2 Å². The summed E-state index contributed by atoms with van der Waals surface area (Å²) in [6.07, 6.45) is 0.873. The number of nitrogens with two attached hydrogens (primary N) is 1. The van der Waals surface area contributed by atoms with Gasteiger partial charge in [0.25, 0.3) is 0 Å². The summed E-state index contributed by atoms with van der Waals surface area (Å²) in [6, 6.07) is 3.84. The minimum absolute atomic E-state index is 0.589. The van der Waals surface area contributed by atoms with E-state index >= 15 is 0 Å². The number of hydrogen-bond donors (Lipinski definition) is 1. The largest absolute Gasteiger partial charge is 0.490 e. The number of nitrogen functional groups attached to an aromatic ring is 1. The van der Waals surface area contributed by atoms with E-state index in [-0.39, 0.29) is 0 Å². The molecule has 1 aromatic carbocycles. The average molecular weight is 274 g/mol. The molecule has 1 heterocycles. The highest BCUT2D eigenvalue weighted by Gasteiger charge is 2.13. The summed E-state index contributed by atoms with van der Waals surface area (Å²) < 4.78 is 11.3. The molecule has 0 amide bonds. The van der Waals surface area contributed by atoms with Crippen molar-refractivity contribution in [1.82, 2.24) is 4.98 Å². The lowest BCUT2D eigenvalue weighted by Gasteiger charge is -2.15. The Morgan fingerprint density at radius 3 is 2.20 bits per heavy atom. The molecule has 0 aliphatic heterocycles. The van der Waals surface area contributed by atoms with Crippen LogP contribution in [0.2, 0.25) is 0 Å². The number of nitrogens with zero attached hydrogens (tertiary/aromatic N) is 1. The Bertz CT molecular complexity index is 624. The second kappa shape index (κ2) is 5.99. The van der Waals surface area contributed by atoms with Gasteiger partial charge in [-0.05, 0) is 38.8 Å². The van der Waals surface area contributed by atoms with Crippen LogP contribution in [0.15, 0.2) is 12.1 Å². The van der Waals surface area contributed by atoms with Gasteiger partial charge in [0.2, 0.25) is 0 Å². The molecule has 4 heteroatoms. The molecule has 108 valence electrons. The van der Waals surface area contributed by atoms with Crippen molar-refractivity contribution in [3.8, 4) is 11.5 Å². The number of hydrogen-bond acceptors (Lipinski definition) is 4. The SMILES string of the molecule is CCOc1cc2nc(C)c(CC)c(N)c2cc1OCC. The van der Waals surface area contributed by atoms with Gasteiger partial charge in [0, 0.05) is 22.8 Å². The van der Waals surface area contributed by atoms with Crippen molar-refractivity contribution in [2.45, 2.75) is 34.1 Å². The first-order valence-corrected chi connectivity index (χ1v) is 7.10. The molecule has 0 fully saturated rings. The minimum Gasteiger partial charge on any atom is -0.490 e. The number of fused-ring (bicyclic) bond motifs is 1. The van der Waals surface area contributed by atoms with E-state index in [0.29, 0.717) is 13.2 Å². The van der Waals surface area contributed by atoms with E-state index in [0.717, 1.165) is 45.8 Å². The Hall–Kier alpha value is -1.97. The Morgan fingerprint density at radius 2 is 1.65 bits per heavy atom. The maximum Gasteiger partial charge on any atom is 0.163 e. The summed E-state index contributed by atoms with van der Waals surface area (Å²) in [5, 5.41) is 0.930. The van der Waals surface area contributed by atoms with Crippen LogP contribution < -0.4 is 15.2 Å². The normalized spacial score (nSPS) is 10.8. The Morgan fingerprint density at radius 1 is 1.05 bits per heavy atom. The summed E-state index contributed by atoms with van der Waals surface area (Å²) in [7, 11) is 0. The summed E-state index contributed by atoms with van der Waals surface area (Å²) in [5.41, 5.74) is 10.0. The molecule has 0 aliphatic carbocycles. The van der Waals surface area contributed by atoms with Crippen molar-refractivity contribution < 1.29 is 9.47 Å². The van der Waals surface area contributed by atoms with Gasteiger partial charge in [-0.15, -0.1) is 0 Å². The molecule has 0 saturated heterocycles. The molecule has 0 unspecified atom stereocenters. The zero-order valence-electron chi connectivity index (χ0n) is 12.6. The van der Waals surface area contributed by atoms with E-state index in [4.69, 9.17) is 15.2 Å². The number of anilines is 1. The first-order chi connectivity index (χ1) is 9.62. The molecule has 1 aromatic heterocycles. The maximum absolute atomic E-state index is 6.28. The van der Waals surface area contributed by atoms with Gasteiger partial charge in [0.15, 0.2) is 11.5 Å². The van der Waals surface area contributed by atoms with Crippen LogP contribution in [-0.2, 0) is 6.42 Å². The van der Waals surface area contributed by atoms with Crippen LogP contribution >= 0.6 is 0 Å². The van der Waals surface area contributed by atoms with Gasteiger partial charge in [-0.2, -0.15) is 0 Å². The van der Waals surface area contributed by atoms with Gasteiger partial charge in [-0.25, -0.2) is 0 Å². The van der Waals surface area contributed by atoms with Crippen molar-refractivity contribution in [2.75, 3.05) is 18.9 Å². The van der Waals surface area contributed by atoms with Crippen LogP contribution in [0, 0.1) is 6.92 Å². The molecule has 2 N–H and O–H groups in total. The van der Waals surface area contributed by atoms with Crippen molar-refractivity contribution in [2.24, 2.45) is 0 Å². The molecule has 0 spiro atoms.